The van der Waals surface area contributed by atoms with Gasteiger partial charge in [0.25, 0.3) is 0 Å². The second kappa shape index (κ2) is 4.96. The van der Waals surface area contributed by atoms with Crippen molar-refractivity contribution in [3.63, 3.8) is 0 Å². The van der Waals surface area contributed by atoms with E-state index in [2.05, 4.69) is 17.4 Å². The third-order valence-corrected chi connectivity index (χ3v) is 3.54. The largest absolute Gasteiger partial charge is 0.490 e. The molecule has 0 aromatic heterocycles. The molecule has 0 bridgehead atoms. The van der Waals surface area contributed by atoms with Crippen molar-refractivity contribution in [1.29, 1.82) is 0 Å². The molecule has 1 saturated heterocycles. The highest BCUT2D eigenvalue weighted by Gasteiger charge is 2.22. The van der Waals surface area contributed by atoms with Crippen molar-refractivity contribution in [3.8, 4) is 11.5 Å². The number of hydrogen-bond donors (Lipinski definition) is 1. The average Bonchev–Trinajstić information content (AvgIpc) is 2.64. The molecular formula is C14H19NO2. The van der Waals surface area contributed by atoms with Crippen LogP contribution in [-0.4, -0.2) is 26.3 Å². The molecule has 3 rings (SSSR count). The average molecular weight is 233 g/mol. The summed E-state index contributed by atoms with van der Waals surface area (Å²) in [5.74, 6) is 2.48. The van der Waals surface area contributed by atoms with Crippen LogP contribution in [0.1, 0.15) is 30.7 Å². The van der Waals surface area contributed by atoms with Gasteiger partial charge >= 0.3 is 0 Å². The fourth-order valence-corrected chi connectivity index (χ4v) is 2.65. The Morgan fingerprint density at radius 3 is 2.94 bits per heavy atom. The molecule has 1 aromatic rings. The van der Waals surface area contributed by atoms with Gasteiger partial charge in [0.15, 0.2) is 11.5 Å². The third-order valence-electron chi connectivity index (χ3n) is 3.54. The Kier molecular flexibility index (Phi) is 3.18. The molecule has 2 aliphatic rings. The molecule has 2 heterocycles. The third kappa shape index (κ3) is 2.25. The second-order valence-electron chi connectivity index (χ2n) is 4.77. The van der Waals surface area contributed by atoms with Crippen molar-refractivity contribution >= 4 is 0 Å². The van der Waals surface area contributed by atoms with E-state index in [1.54, 1.807) is 0 Å². The van der Waals surface area contributed by atoms with Crippen LogP contribution in [0.4, 0.5) is 0 Å². The van der Waals surface area contributed by atoms with Gasteiger partial charge in [0.05, 0.1) is 13.2 Å². The van der Waals surface area contributed by atoms with E-state index >= 15 is 0 Å². The minimum Gasteiger partial charge on any atom is -0.490 e. The van der Waals surface area contributed by atoms with Crippen molar-refractivity contribution in [2.45, 2.75) is 25.2 Å². The van der Waals surface area contributed by atoms with Gasteiger partial charge in [0, 0.05) is 24.4 Å². The van der Waals surface area contributed by atoms with E-state index in [1.165, 1.54) is 18.4 Å². The van der Waals surface area contributed by atoms with Crippen LogP contribution in [0.2, 0.25) is 0 Å². The molecule has 92 valence electrons. The van der Waals surface area contributed by atoms with Crippen LogP contribution in [-0.2, 0) is 0 Å². The summed E-state index contributed by atoms with van der Waals surface area (Å²) in [6, 6.07) is 6.28. The Morgan fingerprint density at radius 1 is 1.12 bits per heavy atom. The van der Waals surface area contributed by atoms with Gasteiger partial charge in [-0.2, -0.15) is 0 Å². The van der Waals surface area contributed by atoms with Crippen LogP contribution in [0.5, 0.6) is 11.5 Å². The van der Waals surface area contributed by atoms with Crippen molar-refractivity contribution in [2.24, 2.45) is 0 Å². The fourth-order valence-electron chi connectivity index (χ4n) is 2.65. The quantitative estimate of drug-likeness (QED) is 0.807. The normalized spacial score (nSPS) is 24.1. The van der Waals surface area contributed by atoms with Gasteiger partial charge in [0.2, 0.25) is 0 Å². The molecule has 2 aliphatic heterocycles. The van der Waals surface area contributed by atoms with E-state index in [-0.39, 0.29) is 0 Å². The summed E-state index contributed by atoms with van der Waals surface area (Å²) in [5.41, 5.74) is 1.32. The minimum atomic E-state index is 0.570. The molecule has 0 radical (unpaired) electrons. The van der Waals surface area contributed by atoms with Crippen LogP contribution >= 0.6 is 0 Å². The molecule has 1 atom stereocenters. The molecule has 1 N–H and O–H groups in total. The summed E-state index contributed by atoms with van der Waals surface area (Å²) < 4.78 is 11.6. The molecule has 0 aliphatic carbocycles. The van der Waals surface area contributed by atoms with Crippen molar-refractivity contribution < 1.29 is 9.47 Å². The van der Waals surface area contributed by atoms with Crippen LogP contribution < -0.4 is 14.8 Å². The summed E-state index contributed by atoms with van der Waals surface area (Å²) >= 11 is 0. The predicted octanol–water partition coefficient (Wildman–Crippen LogP) is 2.31. The van der Waals surface area contributed by atoms with E-state index in [0.717, 1.165) is 44.2 Å². The molecular weight excluding hydrogens is 214 g/mol. The van der Waals surface area contributed by atoms with Gasteiger partial charge in [-0.15, -0.1) is 0 Å². The molecule has 3 heteroatoms. The lowest BCUT2D eigenvalue weighted by Gasteiger charge is -2.25. The molecule has 17 heavy (non-hydrogen) atoms. The summed E-state index contributed by atoms with van der Waals surface area (Å²) in [6.45, 7) is 3.73. The molecule has 3 nitrogen and oxygen atoms in total. The highest BCUT2D eigenvalue weighted by Crippen LogP contribution is 2.39. The van der Waals surface area contributed by atoms with Gasteiger partial charge < -0.3 is 14.8 Å². The van der Waals surface area contributed by atoms with Gasteiger partial charge in [-0.1, -0.05) is 12.1 Å². The number of benzene rings is 1. The first-order chi connectivity index (χ1) is 8.45. The first-order valence-corrected chi connectivity index (χ1v) is 6.54. The Labute approximate surface area is 102 Å². The van der Waals surface area contributed by atoms with Crippen LogP contribution in [0.3, 0.4) is 0 Å². The topological polar surface area (TPSA) is 30.5 Å². The summed E-state index contributed by atoms with van der Waals surface area (Å²) in [7, 11) is 0. The summed E-state index contributed by atoms with van der Waals surface area (Å²) in [4.78, 5) is 0. The zero-order chi connectivity index (χ0) is 11.5. The number of rotatable bonds is 1. The van der Waals surface area contributed by atoms with Gasteiger partial charge in [-0.3, -0.25) is 0 Å². The van der Waals surface area contributed by atoms with Gasteiger partial charge in [-0.25, -0.2) is 0 Å². The highest BCUT2D eigenvalue weighted by molar-refractivity contribution is 5.49. The zero-order valence-electron chi connectivity index (χ0n) is 10.1. The van der Waals surface area contributed by atoms with Gasteiger partial charge in [0.1, 0.15) is 0 Å². The SMILES string of the molecule is c1cc2c(c(C3CCCNC3)c1)OCCCO2. The lowest BCUT2D eigenvalue weighted by atomic mass is 9.91. The Hall–Kier alpha value is -1.22. The maximum Gasteiger partial charge on any atom is 0.164 e. The van der Waals surface area contributed by atoms with E-state index in [0.29, 0.717) is 5.92 Å². The Balaban J connectivity index is 1.92. The predicted molar refractivity (Wildman–Crippen MR) is 66.9 cm³/mol. The maximum absolute atomic E-state index is 5.88. The summed E-state index contributed by atoms with van der Waals surface area (Å²) in [5, 5.41) is 3.46. The number of piperidine rings is 1. The zero-order valence-corrected chi connectivity index (χ0v) is 10.1. The summed E-state index contributed by atoms with van der Waals surface area (Å²) in [6.07, 6.45) is 3.46. The van der Waals surface area contributed by atoms with Crippen molar-refractivity contribution in [3.05, 3.63) is 23.8 Å². The molecule has 1 fully saturated rings. The van der Waals surface area contributed by atoms with Crippen LogP contribution in [0.25, 0.3) is 0 Å². The number of hydrogen-bond acceptors (Lipinski definition) is 3. The second-order valence-corrected chi connectivity index (χ2v) is 4.77. The number of para-hydroxylation sites is 1. The lowest BCUT2D eigenvalue weighted by Crippen LogP contribution is -2.28. The molecule has 0 amide bonds. The monoisotopic (exact) mass is 233 g/mol. The van der Waals surface area contributed by atoms with Gasteiger partial charge in [-0.05, 0) is 25.5 Å². The van der Waals surface area contributed by atoms with E-state index in [1.807, 2.05) is 6.07 Å². The standard InChI is InChI=1S/C14H19NO2/c1-5-12(11-4-2-7-15-10-11)14-13(6-1)16-8-3-9-17-14/h1,5-6,11,15H,2-4,7-10H2. The first kappa shape index (κ1) is 10.9. The van der Waals surface area contributed by atoms with E-state index in [4.69, 9.17) is 9.47 Å². The lowest BCUT2D eigenvalue weighted by molar-refractivity contribution is 0.295. The smallest absolute Gasteiger partial charge is 0.164 e. The molecule has 0 saturated carbocycles. The Bertz CT molecular complexity index is 386. The number of nitrogens with one attached hydrogen (secondary N) is 1. The van der Waals surface area contributed by atoms with Crippen LogP contribution in [0, 0.1) is 0 Å². The number of fused-ring (bicyclic) bond motifs is 1. The van der Waals surface area contributed by atoms with E-state index < -0.39 is 0 Å². The molecule has 1 unspecified atom stereocenters. The van der Waals surface area contributed by atoms with Crippen LogP contribution in [0.15, 0.2) is 18.2 Å². The first-order valence-electron chi connectivity index (χ1n) is 6.54. The maximum atomic E-state index is 5.88. The van der Waals surface area contributed by atoms with E-state index in [9.17, 15) is 0 Å². The molecule has 0 spiro atoms. The fraction of sp³-hybridized carbons (Fsp3) is 0.571. The minimum absolute atomic E-state index is 0.570. The highest BCUT2D eigenvalue weighted by atomic mass is 16.5. The van der Waals surface area contributed by atoms with Crippen molar-refractivity contribution in [1.82, 2.24) is 5.32 Å². The van der Waals surface area contributed by atoms with Crippen molar-refractivity contribution in [2.75, 3.05) is 26.3 Å². The Morgan fingerprint density at radius 2 is 2.06 bits per heavy atom. The number of ether oxygens (including phenoxy) is 2. The molecule has 1 aromatic carbocycles.